The Bertz CT molecular complexity index is 513. The van der Waals surface area contributed by atoms with Gasteiger partial charge in [0.25, 0.3) is 0 Å². The van der Waals surface area contributed by atoms with E-state index in [-0.39, 0.29) is 5.82 Å². The summed E-state index contributed by atoms with van der Waals surface area (Å²) in [7, 11) is 0. The van der Waals surface area contributed by atoms with E-state index in [9.17, 15) is 9.18 Å². The number of carbonyl (C=O) groups excluding carboxylic acids is 1. The van der Waals surface area contributed by atoms with Crippen LogP contribution in [0.25, 0.3) is 0 Å². The van der Waals surface area contributed by atoms with Gasteiger partial charge in [-0.15, -0.1) is 0 Å². The minimum atomic E-state index is -0.521. The van der Waals surface area contributed by atoms with Crippen LogP contribution >= 0.6 is 0 Å². The number of primary amides is 1. The van der Waals surface area contributed by atoms with Gasteiger partial charge in [0.2, 0.25) is 5.91 Å². The number of rotatable bonds is 4. The van der Waals surface area contributed by atoms with Gasteiger partial charge in [-0.2, -0.15) is 0 Å². The molecule has 0 bridgehead atoms. The molecular formula is C16H21FN2O. The number of halogens is 1. The second-order valence-electron chi connectivity index (χ2n) is 6.16. The van der Waals surface area contributed by atoms with E-state index in [1.807, 2.05) is 0 Å². The maximum absolute atomic E-state index is 13.8. The molecule has 4 heteroatoms. The van der Waals surface area contributed by atoms with Gasteiger partial charge in [0.15, 0.2) is 0 Å². The Morgan fingerprint density at radius 2 is 2.00 bits per heavy atom. The lowest BCUT2D eigenvalue weighted by atomic mass is 9.82. The van der Waals surface area contributed by atoms with E-state index in [1.165, 1.54) is 43.9 Å². The average Bonchev–Trinajstić information content (AvgIpc) is 3.26. The molecule has 2 aliphatic carbocycles. The summed E-state index contributed by atoms with van der Waals surface area (Å²) in [5.41, 5.74) is 6.00. The molecule has 2 fully saturated rings. The van der Waals surface area contributed by atoms with Gasteiger partial charge in [0.05, 0.1) is 5.69 Å². The first kappa shape index (κ1) is 13.4. The molecule has 3 rings (SSSR count). The van der Waals surface area contributed by atoms with E-state index in [2.05, 4.69) is 5.32 Å². The minimum absolute atomic E-state index is 0.312. The van der Waals surface area contributed by atoms with Gasteiger partial charge in [-0.1, -0.05) is 12.8 Å². The van der Waals surface area contributed by atoms with Gasteiger partial charge >= 0.3 is 0 Å². The average molecular weight is 276 g/mol. The SMILES string of the molecule is NC(=O)c1ccc(F)c(NC2CCCC(C3CC3)C2)c1. The third-order valence-corrected chi connectivity index (χ3v) is 4.61. The molecule has 2 unspecified atom stereocenters. The first-order valence-corrected chi connectivity index (χ1v) is 7.49. The van der Waals surface area contributed by atoms with Gasteiger partial charge in [-0.3, -0.25) is 4.79 Å². The first-order chi connectivity index (χ1) is 9.63. The Hall–Kier alpha value is -1.58. The van der Waals surface area contributed by atoms with E-state index in [4.69, 9.17) is 5.73 Å². The predicted molar refractivity (Wildman–Crippen MR) is 77.0 cm³/mol. The van der Waals surface area contributed by atoms with Gasteiger partial charge in [0, 0.05) is 11.6 Å². The summed E-state index contributed by atoms with van der Waals surface area (Å²) in [5.74, 6) is 0.862. The number of nitrogens with one attached hydrogen (secondary N) is 1. The summed E-state index contributed by atoms with van der Waals surface area (Å²) >= 11 is 0. The lowest BCUT2D eigenvalue weighted by molar-refractivity contribution is 0.100. The molecule has 2 saturated carbocycles. The van der Waals surface area contributed by atoms with Crippen LogP contribution in [0, 0.1) is 17.7 Å². The molecule has 0 spiro atoms. The van der Waals surface area contributed by atoms with Crippen LogP contribution in [0.2, 0.25) is 0 Å². The van der Waals surface area contributed by atoms with Crippen LogP contribution < -0.4 is 11.1 Å². The van der Waals surface area contributed by atoms with Crippen molar-refractivity contribution in [3.8, 4) is 0 Å². The van der Waals surface area contributed by atoms with Crippen molar-refractivity contribution in [3.05, 3.63) is 29.6 Å². The molecule has 3 N–H and O–H groups in total. The van der Waals surface area contributed by atoms with Crippen molar-refractivity contribution in [2.24, 2.45) is 17.6 Å². The maximum Gasteiger partial charge on any atom is 0.248 e. The zero-order valence-corrected chi connectivity index (χ0v) is 11.6. The number of hydrogen-bond acceptors (Lipinski definition) is 2. The standard InChI is InChI=1S/C16H21FN2O/c17-14-7-6-12(16(18)20)9-15(14)19-13-3-1-2-11(8-13)10-4-5-10/h6-7,9-11,13,19H,1-5,8H2,(H2,18,20). The van der Waals surface area contributed by atoms with Crippen molar-refractivity contribution < 1.29 is 9.18 Å². The van der Waals surface area contributed by atoms with Gasteiger partial charge in [-0.05, 0) is 55.7 Å². The van der Waals surface area contributed by atoms with E-state index < -0.39 is 5.91 Å². The summed E-state index contributed by atoms with van der Waals surface area (Å²) in [6.07, 6.45) is 7.43. The molecular weight excluding hydrogens is 255 g/mol. The molecule has 3 nitrogen and oxygen atoms in total. The number of benzene rings is 1. The van der Waals surface area contributed by atoms with E-state index in [1.54, 1.807) is 0 Å². The Balaban J connectivity index is 1.69. The lowest BCUT2D eigenvalue weighted by Crippen LogP contribution is -2.28. The highest BCUT2D eigenvalue weighted by Gasteiger charge is 2.34. The molecule has 0 aliphatic heterocycles. The zero-order valence-electron chi connectivity index (χ0n) is 11.6. The largest absolute Gasteiger partial charge is 0.380 e. The fraction of sp³-hybridized carbons (Fsp3) is 0.562. The van der Waals surface area contributed by atoms with E-state index >= 15 is 0 Å². The molecule has 0 radical (unpaired) electrons. The number of anilines is 1. The fourth-order valence-corrected chi connectivity index (χ4v) is 3.36. The Kier molecular flexibility index (Phi) is 3.64. The third kappa shape index (κ3) is 2.94. The smallest absolute Gasteiger partial charge is 0.248 e. The summed E-state index contributed by atoms with van der Waals surface area (Å²) in [6.45, 7) is 0. The monoisotopic (exact) mass is 276 g/mol. The molecule has 0 aromatic heterocycles. The van der Waals surface area contributed by atoms with Crippen LogP contribution in [0.1, 0.15) is 48.9 Å². The van der Waals surface area contributed by atoms with Crippen LogP contribution in [0.4, 0.5) is 10.1 Å². The summed E-state index contributed by atoms with van der Waals surface area (Å²) in [4.78, 5) is 11.2. The van der Waals surface area contributed by atoms with Crippen LogP contribution in [0.15, 0.2) is 18.2 Å². The highest BCUT2D eigenvalue weighted by atomic mass is 19.1. The minimum Gasteiger partial charge on any atom is -0.380 e. The summed E-state index contributed by atoms with van der Waals surface area (Å²) < 4.78 is 13.8. The van der Waals surface area contributed by atoms with E-state index in [0.29, 0.717) is 17.3 Å². The van der Waals surface area contributed by atoms with Crippen molar-refractivity contribution in [2.45, 2.75) is 44.6 Å². The van der Waals surface area contributed by atoms with Crippen molar-refractivity contribution in [1.82, 2.24) is 0 Å². The van der Waals surface area contributed by atoms with E-state index in [0.717, 1.165) is 24.7 Å². The van der Waals surface area contributed by atoms with Crippen molar-refractivity contribution in [1.29, 1.82) is 0 Å². The highest BCUT2D eigenvalue weighted by Crippen LogP contribution is 2.44. The summed E-state index contributed by atoms with van der Waals surface area (Å²) in [5, 5.41) is 3.27. The maximum atomic E-state index is 13.8. The Labute approximate surface area is 118 Å². The normalized spacial score (nSPS) is 26.2. The molecule has 0 heterocycles. The van der Waals surface area contributed by atoms with Crippen LogP contribution in [0.3, 0.4) is 0 Å². The quantitative estimate of drug-likeness (QED) is 0.886. The van der Waals surface area contributed by atoms with Crippen molar-refractivity contribution >= 4 is 11.6 Å². The zero-order chi connectivity index (χ0) is 14.1. The Morgan fingerprint density at radius 1 is 1.20 bits per heavy atom. The highest BCUT2D eigenvalue weighted by molar-refractivity contribution is 5.93. The topological polar surface area (TPSA) is 55.1 Å². The number of hydrogen-bond donors (Lipinski definition) is 2. The van der Waals surface area contributed by atoms with Gasteiger partial charge in [0.1, 0.15) is 5.82 Å². The molecule has 2 atom stereocenters. The van der Waals surface area contributed by atoms with Gasteiger partial charge < -0.3 is 11.1 Å². The Morgan fingerprint density at radius 3 is 2.70 bits per heavy atom. The molecule has 2 aliphatic rings. The number of carbonyl (C=O) groups is 1. The molecule has 108 valence electrons. The molecule has 1 aromatic carbocycles. The van der Waals surface area contributed by atoms with Crippen LogP contribution in [0.5, 0.6) is 0 Å². The van der Waals surface area contributed by atoms with Crippen LogP contribution in [-0.4, -0.2) is 11.9 Å². The third-order valence-electron chi connectivity index (χ3n) is 4.61. The molecule has 1 amide bonds. The van der Waals surface area contributed by atoms with Gasteiger partial charge in [-0.25, -0.2) is 4.39 Å². The molecule has 20 heavy (non-hydrogen) atoms. The molecule has 1 aromatic rings. The van der Waals surface area contributed by atoms with Crippen molar-refractivity contribution in [3.63, 3.8) is 0 Å². The van der Waals surface area contributed by atoms with Crippen LogP contribution in [-0.2, 0) is 0 Å². The van der Waals surface area contributed by atoms with Crippen molar-refractivity contribution in [2.75, 3.05) is 5.32 Å². The fourth-order valence-electron chi connectivity index (χ4n) is 3.36. The molecule has 0 saturated heterocycles. The second-order valence-corrected chi connectivity index (χ2v) is 6.16. The summed E-state index contributed by atoms with van der Waals surface area (Å²) in [6, 6.07) is 4.57. The lowest BCUT2D eigenvalue weighted by Gasteiger charge is -2.30. The first-order valence-electron chi connectivity index (χ1n) is 7.49. The number of amides is 1. The second kappa shape index (κ2) is 5.43. The predicted octanol–water partition coefficient (Wildman–Crippen LogP) is 3.31. The number of nitrogens with two attached hydrogens (primary N) is 1.